The molecular weight excluding hydrogens is 601 g/mol. The van der Waals surface area contributed by atoms with Crippen molar-refractivity contribution in [1.82, 2.24) is 9.55 Å². The summed E-state index contributed by atoms with van der Waals surface area (Å²) in [6, 6.07) is 46.5. The Bertz CT molecular complexity index is 3100. The van der Waals surface area contributed by atoms with Crippen LogP contribution >= 0.6 is 11.3 Å². The molecule has 0 aliphatic carbocycles. The molecule has 10 rings (SSSR count). The van der Waals surface area contributed by atoms with E-state index in [0.29, 0.717) is 11.3 Å². The van der Waals surface area contributed by atoms with Gasteiger partial charge in [-0.25, -0.2) is 4.98 Å². The summed E-state index contributed by atoms with van der Waals surface area (Å²) in [5.41, 5.74) is 6.69. The second-order valence-electron chi connectivity index (χ2n) is 12.0. The highest BCUT2D eigenvalue weighted by atomic mass is 32.1. The van der Waals surface area contributed by atoms with E-state index in [0.717, 1.165) is 55.0 Å². The van der Waals surface area contributed by atoms with Crippen molar-refractivity contribution in [3.8, 4) is 39.3 Å². The molecule has 0 radical (unpaired) electrons. The lowest BCUT2D eigenvalue weighted by atomic mass is 9.88. The zero-order valence-corrected chi connectivity index (χ0v) is 26.4. The standard InChI is InChI=1S/C45H28N2S/c1-3-13-29(14-4-1)31-23-25-36-38(27-31)43(32-24-26-42-37(28-32)33-17-9-12-22-41(33)48-42)34-18-7-8-19-35(34)44(36)47-40-21-11-10-20-39(40)46-45(47)30-15-5-2-6-16-30/h1-28H/i2D,5D,6D,15D,16D. The van der Waals surface area contributed by atoms with Gasteiger partial charge in [-0.2, -0.15) is 0 Å². The predicted molar refractivity (Wildman–Crippen MR) is 205 cm³/mol. The van der Waals surface area contributed by atoms with Gasteiger partial charge in [0.25, 0.3) is 0 Å². The fourth-order valence-electron chi connectivity index (χ4n) is 7.18. The summed E-state index contributed by atoms with van der Waals surface area (Å²) in [4.78, 5) is 5.01. The molecule has 0 bridgehead atoms. The van der Waals surface area contributed by atoms with Crippen LogP contribution in [0.2, 0.25) is 0 Å². The van der Waals surface area contributed by atoms with E-state index in [4.69, 9.17) is 11.8 Å². The molecule has 2 nitrogen and oxygen atoms in total. The first kappa shape index (κ1) is 22.5. The fraction of sp³-hybridized carbons (Fsp3) is 0. The largest absolute Gasteiger partial charge is 0.291 e. The summed E-state index contributed by atoms with van der Waals surface area (Å²) in [7, 11) is 0. The number of hydrogen-bond acceptors (Lipinski definition) is 2. The molecule has 0 fully saturated rings. The maximum absolute atomic E-state index is 8.99. The lowest BCUT2D eigenvalue weighted by Crippen LogP contribution is -2.01. The van der Waals surface area contributed by atoms with Gasteiger partial charge in [0.15, 0.2) is 0 Å². The first-order valence-electron chi connectivity index (χ1n) is 18.4. The van der Waals surface area contributed by atoms with Gasteiger partial charge in [0.1, 0.15) is 5.82 Å². The molecule has 224 valence electrons. The van der Waals surface area contributed by atoms with Gasteiger partial charge < -0.3 is 0 Å². The highest BCUT2D eigenvalue weighted by Gasteiger charge is 2.22. The Kier molecular flexibility index (Phi) is 5.04. The summed E-state index contributed by atoms with van der Waals surface area (Å²) in [6.45, 7) is 0. The summed E-state index contributed by atoms with van der Waals surface area (Å²) in [5.74, 6) is 0.292. The average Bonchev–Trinajstić information content (AvgIpc) is 3.76. The first-order chi connectivity index (χ1) is 25.9. The van der Waals surface area contributed by atoms with Crippen molar-refractivity contribution >= 4 is 64.1 Å². The van der Waals surface area contributed by atoms with Crippen molar-refractivity contribution in [3.63, 3.8) is 0 Å². The van der Waals surface area contributed by atoms with Crippen LogP contribution in [0.1, 0.15) is 6.85 Å². The van der Waals surface area contributed by atoms with Crippen molar-refractivity contribution in [2.24, 2.45) is 0 Å². The van der Waals surface area contributed by atoms with Crippen LogP contribution in [0.4, 0.5) is 0 Å². The third-order valence-corrected chi connectivity index (χ3v) is 10.4. The first-order valence-corrected chi connectivity index (χ1v) is 16.7. The van der Waals surface area contributed by atoms with Crippen LogP contribution < -0.4 is 0 Å². The average molecular weight is 634 g/mol. The van der Waals surface area contributed by atoms with Crippen molar-refractivity contribution in [1.29, 1.82) is 0 Å². The molecule has 3 heteroatoms. The quantitative estimate of drug-likeness (QED) is 0.176. The zero-order chi connectivity index (χ0) is 36.0. The van der Waals surface area contributed by atoms with Gasteiger partial charge in [0.2, 0.25) is 0 Å². The van der Waals surface area contributed by atoms with Crippen LogP contribution in [0.3, 0.4) is 0 Å². The SMILES string of the molecule is [2H]c1c([2H])c([2H])c(-c2nc3ccccc3n2-c2c3ccccc3c(-c3ccc4sc5ccccc5c4c3)c3cc(-c4ccccc4)ccc23)c([2H])c1[2H]. The van der Waals surface area contributed by atoms with E-state index in [-0.39, 0.29) is 17.6 Å². The second-order valence-corrected chi connectivity index (χ2v) is 13.0. The highest BCUT2D eigenvalue weighted by molar-refractivity contribution is 7.25. The van der Waals surface area contributed by atoms with Gasteiger partial charge in [-0.15, -0.1) is 11.3 Å². The minimum atomic E-state index is -0.435. The molecule has 0 saturated carbocycles. The number of fused-ring (bicyclic) bond motifs is 6. The molecule has 48 heavy (non-hydrogen) atoms. The van der Waals surface area contributed by atoms with Crippen molar-refractivity contribution < 1.29 is 6.85 Å². The van der Waals surface area contributed by atoms with E-state index in [9.17, 15) is 0 Å². The number of para-hydroxylation sites is 2. The van der Waals surface area contributed by atoms with Crippen LogP contribution in [-0.2, 0) is 0 Å². The third-order valence-electron chi connectivity index (χ3n) is 9.28. The Labute approximate surface area is 288 Å². The normalized spacial score (nSPS) is 13.2. The monoisotopic (exact) mass is 633 g/mol. The number of thiophene rings is 1. The van der Waals surface area contributed by atoms with Crippen LogP contribution in [0.5, 0.6) is 0 Å². The predicted octanol–water partition coefficient (Wildman–Crippen LogP) is 12.7. The topological polar surface area (TPSA) is 17.8 Å². The number of aromatic nitrogens is 2. The Balaban J connectivity index is 1.38. The summed E-state index contributed by atoms with van der Waals surface area (Å²) >= 11 is 1.80. The minimum absolute atomic E-state index is 0.0594. The molecule has 10 aromatic rings. The molecule has 0 aliphatic heterocycles. The van der Waals surface area contributed by atoms with Crippen molar-refractivity contribution in [3.05, 3.63) is 170 Å². The van der Waals surface area contributed by atoms with Crippen molar-refractivity contribution in [2.45, 2.75) is 0 Å². The minimum Gasteiger partial charge on any atom is -0.291 e. The Hall–Kier alpha value is -6.03. The Morgan fingerprint density at radius 1 is 0.479 bits per heavy atom. The van der Waals surface area contributed by atoms with Gasteiger partial charge in [-0.05, 0) is 69.4 Å². The number of nitrogens with zero attached hydrogens (tertiary/aromatic N) is 2. The van der Waals surface area contributed by atoms with E-state index >= 15 is 0 Å². The molecule has 0 atom stereocenters. The molecule has 2 aromatic heterocycles. The summed E-state index contributed by atoms with van der Waals surface area (Å²) in [6.07, 6.45) is 0. The van der Waals surface area contributed by atoms with E-state index < -0.39 is 18.1 Å². The van der Waals surface area contributed by atoms with Gasteiger partial charge >= 0.3 is 0 Å². The molecule has 0 N–H and O–H groups in total. The molecule has 2 heterocycles. The molecule has 0 saturated heterocycles. The Morgan fingerprint density at radius 3 is 2.02 bits per heavy atom. The van der Waals surface area contributed by atoms with E-state index in [1.165, 1.54) is 20.2 Å². The van der Waals surface area contributed by atoms with Gasteiger partial charge in [-0.1, -0.05) is 133 Å². The van der Waals surface area contributed by atoms with Crippen LogP contribution in [0.25, 0.3) is 92.1 Å². The van der Waals surface area contributed by atoms with Gasteiger partial charge in [-0.3, -0.25) is 4.57 Å². The number of benzene rings is 8. The fourth-order valence-corrected chi connectivity index (χ4v) is 8.27. The summed E-state index contributed by atoms with van der Waals surface area (Å²) < 4.78 is 47.8. The van der Waals surface area contributed by atoms with Gasteiger partial charge in [0, 0.05) is 36.5 Å². The lowest BCUT2D eigenvalue weighted by molar-refractivity contribution is 1.13. The van der Waals surface area contributed by atoms with Crippen LogP contribution in [0, 0.1) is 0 Å². The summed E-state index contributed by atoms with van der Waals surface area (Å²) in [5, 5.41) is 6.41. The van der Waals surface area contributed by atoms with Crippen molar-refractivity contribution in [2.75, 3.05) is 0 Å². The Morgan fingerprint density at radius 2 is 1.15 bits per heavy atom. The van der Waals surface area contributed by atoms with Crippen LogP contribution in [0.15, 0.2) is 170 Å². The number of imidazole rings is 1. The zero-order valence-electron chi connectivity index (χ0n) is 30.6. The molecule has 8 aromatic carbocycles. The highest BCUT2D eigenvalue weighted by Crippen LogP contribution is 2.46. The maximum Gasteiger partial charge on any atom is 0.145 e. The van der Waals surface area contributed by atoms with Gasteiger partial charge in [0.05, 0.1) is 23.6 Å². The maximum atomic E-state index is 8.99. The molecule has 0 amide bonds. The van der Waals surface area contributed by atoms with E-state index in [1.807, 2.05) is 53.1 Å². The smallest absolute Gasteiger partial charge is 0.145 e. The van der Waals surface area contributed by atoms with E-state index in [2.05, 4.69) is 91.0 Å². The molecular formula is C45H28N2S. The van der Waals surface area contributed by atoms with E-state index in [1.54, 1.807) is 11.3 Å². The molecule has 0 unspecified atom stereocenters. The number of rotatable bonds is 4. The van der Waals surface area contributed by atoms with Crippen LogP contribution in [-0.4, -0.2) is 9.55 Å². The second kappa shape index (κ2) is 10.8. The molecule has 0 spiro atoms. The molecule has 0 aliphatic rings. The number of hydrogen-bond donors (Lipinski definition) is 0. The third kappa shape index (κ3) is 4.15. The lowest BCUT2D eigenvalue weighted by Gasteiger charge is -2.21.